The first-order valence-electron chi connectivity index (χ1n) is 12.0. The second-order valence-electron chi connectivity index (χ2n) is 8.47. The molecule has 0 bridgehead atoms. The second-order valence-corrected chi connectivity index (χ2v) is 8.47. The molecule has 2 atom stereocenters. The monoisotopic (exact) mass is 458 g/mol. The lowest BCUT2D eigenvalue weighted by molar-refractivity contribution is -0.151. The number of esters is 1. The molecule has 0 aliphatic heterocycles. The third-order valence-electron chi connectivity index (χ3n) is 4.99. The van der Waals surface area contributed by atoms with E-state index in [4.69, 9.17) is 9.84 Å². The van der Waals surface area contributed by atoms with Crippen molar-refractivity contribution in [2.24, 2.45) is 5.92 Å². The van der Waals surface area contributed by atoms with Crippen LogP contribution in [0.2, 0.25) is 0 Å². The molecule has 32 heavy (non-hydrogen) atoms. The largest absolute Gasteiger partial charge is 0.481 e. The highest BCUT2D eigenvalue weighted by molar-refractivity contribution is 5.92. The van der Waals surface area contributed by atoms with Crippen molar-refractivity contribution >= 4 is 23.8 Å². The van der Waals surface area contributed by atoms with E-state index in [2.05, 4.69) is 17.6 Å². The molecule has 0 aromatic heterocycles. The Morgan fingerprint density at radius 3 is 2.03 bits per heavy atom. The molecule has 188 valence electrons. The Labute approximate surface area is 194 Å². The molecular weight excluding hydrogens is 412 g/mol. The molecule has 8 heteroatoms. The smallest absolute Gasteiger partial charge is 0.331 e. The van der Waals surface area contributed by atoms with E-state index in [1.165, 1.54) is 33.3 Å². The topological polar surface area (TPSA) is 122 Å². The van der Waals surface area contributed by atoms with Crippen molar-refractivity contribution in [3.63, 3.8) is 0 Å². The molecule has 0 fully saturated rings. The van der Waals surface area contributed by atoms with Crippen LogP contribution >= 0.6 is 0 Å². The van der Waals surface area contributed by atoms with Gasteiger partial charge in [-0.3, -0.25) is 14.4 Å². The average molecular weight is 459 g/mol. The van der Waals surface area contributed by atoms with Gasteiger partial charge in [0, 0.05) is 12.8 Å². The second kappa shape index (κ2) is 18.5. The predicted octanol–water partition coefficient (Wildman–Crippen LogP) is 4.21. The lowest BCUT2D eigenvalue weighted by Gasteiger charge is -2.30. The summed E-state index contributed by atoms with van der Waals surface area (Å²) in [6.07, 6.45) is 6.72. The van der Waals surface area contributed by atoms with Gasteiger partial charge in [0.15, 0.2) is 0 Å². The Morgan fingerprint density at radius 1 is 0.969 bits per heavy atom. The van der Waals surface area contributed by atoms with Crippen LogP contribution in [0.25, 0.3) is 0 Å². The van der Waals surface area contributed by atoms with Crippen molar-refractivity contribution in [3.05, 3.63) is 0 Å². The highest BCUT2D eigenvalue weighted by Crippen LogP contribution is 2.16. The SMILES string of the molecule is CC.CCCCCCCCC(=O)NC(CC(C)C)C(=O)NC(C)(CCC(=O)O)C(=O)OC. The number of aliphatic carboxylic acids is 1. The van der Waals surface area contributed by atoms with Crippen molar-refractivity contribution < 1.29 is 29.0 Å². The van der Waals surface area contributed by atoms with Crippen LogP contribution in [-0.2, 0) is 23.9 Å². The highest BCUT2D eigenvalue weighted by Gasteiger charge is 2.38. The third kappa shape index (κ3) is 14.8. The number of rotatable bonds is 16. The molecule has 0 aliphatic carbocycles. The first-order chi connectivity index (χ1) is 15.1. The van der Waals surface area contributed by atoms with Crippen molar-refractivity contribution in [1.29, 1.82) is 0 Å². The van der Waals surface area contributed by atoms with Crippen molar-refractivity contribution in [1.82, 2.24) is 10.6 Å². The quantitative estimate of drug-likeness (QED) is 0.235. The van der Waals surface area contributed by atoms with Crippen LogP contribution in [0.1, 0.15) is 106 Å². The zero-order valence-corrected chi connectivity index (χ0v) is 21.2. The normalized spacial score (nSPS) is 13.2. The average Bonchev–Trinajstić information content (AvgIpc) is 2.74. The van der Waals surface area contributed by atoms with Gasteiger partial charge in [0.05, 0.1) is 7.11 Å². The van der Waals surface area contributed by atoms with Gasteiger partial charge in [-0.2, -0.15) is 0 Å². The van der Waals surface area contributed by atoms with Gasteiger partial charge < -0.3 is 20.5 Å². The van der Waals surface area contributed by atoms with Gasteiger partial charge in [0.2, 0.25) is 11.8 Å². The molecule has 3 N–H and O–H groups in total. The van der Waals surface area contributed by atoms with Gasteiger partial charge in [-0.05, 0) is 32.1 Å². The van der Waals surface area contributed by atoms with E-state index in [0.717, 1.165) is 19.3 Å². The summed E-state index contributed by atoms with van der Waals surface area (Å²) in [5, 5.41) is 14.3. The summed E-state index contributed by atoms with van der Waals surface area (Å²) in [6, 6.07) is -0.800. The van der Waals surface area contributed by atoms with Gasteiger partial charge in [-0.1, -0.05) is 66.7 Å². The number of carbonyl (C=O) groups is 4. The number of ether oxygens (including phenoxy) is 1. The fourth-order valence-corrected chi connectivity index (χ4v) is 3.19. The minimum Gasteiger partial charge on any atom is -0.481 e. The minimum atomic E-state index is -1.48. The van der Waals surface area contributed by atoms with Crippen LogP contribution in [0, 0.1) is 5.92 Å². The van der Waals surface area contributed by atoms with Gasteiger partial charge in [0.1, 0.15) is 11.6 Å². The summed E-state index contributed by atoms with van der Waals surface area (Å²) < 4.78 is 4.75. The summed E-state index contributed by atoms with van der Waals surface area (Å²) in [5.41, 5.74) is -1.48. The fourth-order valence-electron chi connectivity index (χ4n) is 3.19. The van der Waals surface area contributed by atoms with Gasteiger partial charge in [-0.15, -0.1) is 0 Å². The van der Waals surface area contributed by atoms with Gasteiger partial charge in [-0.25, -0.2) is 4.79 Å². The summed E-state index contributed by atoms with van der Waals surface area (Å²) in [4.78, 5) is 48.3. The Kier molecular flexibility index (Phi) is 18.5. The first kappa shape index (κ1) is 32.1. The zero-order chi connectivity index (χ0) is 25.2. The van der Waals surface area contributed by atoms with Crippen LogP contribution in [0.3, 0.4) is 0 Å². The van der Waals surface area contributed by atoms with Crippen molar-refractivity contribution in [2.75, 3.05) is 7.11 Å². The number of carboxylic acid groups (broad SMARTS) is 1. The maximum atomic E-state index is 12.9. The molecule has 0 aliphatic rings. The number of methoxy groups -OCH3 is 1. The number of nitrogens with one attached hydrogen (secondary N) is 2. The highest BCUT2D eigenvalue weighted by atomic mass is 16.5. The molecule has 0 saturated carbocycles. The minimum absolute atomic E-state index is 0.110. The number of carbonyl (C=O) groups excluding carboxylic acids is 3. The molecule has 0 radical (unpaired) electrons. The number of hydrogen-bond acceptors (Lipinski definition) is 5. The van der Waals surface area contributed by atoms with E-state index in [-0.39, 0.29) is 24.7 Å². The van der Waals surface area contributed by atoms with E-state index >= 15 is 0 Å². The lowest BCUT2D eigenvalue weighted by Crippen LogP contribution is -2.58. The molecule has 8 nitrogen and oxygen atoms in total. The van der Waals surface area contributed by atoms with E-state index in [1.807, 2.05) is 27.7 Å². The molecule has 0 aromatic rings. The molecule has 2 unspecified atom stereocenters. The maximum Gasteiger partial charge on any atom is 0.331 e. The summed E-state index contributed by atoms with van der Waals surface area (Å²) >= 11 is 0. The number of hydrogen-bond donors (Lipinski definition) is 3. The molecule has 0 spiro atoms. The summed E-state index contributed by atoms with van der Waals surface area (Å²) in [5.74, 6) is -2.38. The van der Waals surface area contributed by atoms with Crippen LogP contribution < -0.4 is 10.6 Å². The van der Waals surface area contributed by atoms with Gasteiger partial charge >= 0.3 is 11.9 Å². The predicted molar refractivity (Wildman–Crippen MR) is 126 cm³/mol. The Morgan fingerprint density at radius 2 is 1.53 bits per heavy atom. The van der Waals surface area contributed by atoms with Crippen LogP contribution in [-0.4, -0.2) is 47.6 Å². The van der Waals surface area contributed by atoms with Gasteiger partial charge in [0.25, 0.3) is 0 Å². The Balaban J connectivity index is 0. The third-order valence-corrected chi connectivity index (χ3v) is 4.99. The Hall–Kier alpha value is -2.12. The molecule has 0 aromatic carbocycles. The maximum absolute atomic E-state index is 12.9. The van der Waals surface area contributed by atoms with E-state index in [1.54, 1.807) is 0 Å². The molecule has 2 amide bonds. The molecular formula is C24H46N2O6. The number of unbranched alkanes of at least 4 members (excludes halogenated alkanes) is 5. The van der Waals surface area contributed by atoms with Crippen LogP contribution in [0.5, 0.6) is 0 Å². The van der Waals surface area contributed by atoms with E-state index in [0.29, 0.717) is 12.8 Å². The molecule has 0 rings (SSSR count). The molecule has 0 heterocycles. The number of carboxylic acids is 1. The summed E-state index contributed by atoms with van der Waals surface area (Å²) in [7, 11) is 1.18. The Bertz CT molecular complexity index is 565. The van der Waals surface area contributed by atoms with E-state index in [9.17, 15) is 19.2 Å². The first-order valence-corrected chi connectivity index (χ1v) is 12.0. The summed E-state index contributed by atoms with van der Waals surface area (Å²) in [6.45, 7) is 11.5. The molecule has 0 saturated heterocycles. The van der Waals surface area contributed by atoms with Crippen LogP contribution in [0.15, 0.2) is 0 Å². The van der Waals surface area contributed by atoms with Crippen molar-refractivity contribution in [2.45, 2.75) is 117 Å². The lowest BCUT2D eigenvalue weighted by atomic mass is 9.94. The number of amides is 2. The van der Waals surface area contributed by atoms with Crippen LogP contribution in [0.4, 0.5) is 0 Å². The standard InChI is InChI=1S/C22H40N2O6.C2H6/c1-6-7-8-9-10-11-12-18(25)23-17(15-16(2)3)20(28)24-22(4,21(29)30-5)14-13-19(26)27;1-2/h16-17H,6-15H2,1-5H3,(H,23,25)(H,24,28)(H,26,27);1-2H3. The van der Waals surface area contributed by atoms with Crippen molar-refractivity contribution in [3.8, 4) is 0 Å². The van der Waals surface area contributed by atoms with E-state index < -0.39 is 29.4 Å². The zero-order valence-electron chi connectivity index (χ0n) is 21.2. The fraction of sp³-hybridized carbons (Fsp3) is 0.833.